The molecule has 0 heterocycles. The molecule has 0 radical (unpaired) electrons. The average Bonchev–Trinajstić information content (AvgIpc) is 3.09. The van der Waals surface area contributed by atoms with Crippen molar-refractivity contribution in [1.29, 1.82) is 0 Å². The number of anilines is 1. The molecule has 0 atom stereocenters. The zero-order valence-electron chi connectivity index (χ0n) is 9.82. The number of carboxylic acid groups (broad SMARTS) is 1. The van der Waals surface area contributed by atoms with Crippen molar-refractivity contribution < 1.29 is 9.90 Å². The van der Waals surface area contributed by atoms with Crippen LogP contribution < -0.4 is 4.90 Å². The molecule has 0 bridgehead atoms. The first-order chi connectivity index (χ1) is 8.11. The number of aromatic carboxylic acids is 1. The smallest absolute Gasteiger partial charge is 0.337 e. The maximum absolute atomic E-state index is 11.2. The number of carboxylic acids is 1. The van der Waals surface area contributed by atoms with Crippen LogP contribution in [0.4, 0.5) is 5.69 Å². The van der Waals surface area contributed by atoms with E-state index < -0.39 is 5.97 Å². The van der Waals surface area contributed by atoms with Crippen LogP contribution in [0, 0.1) is 5.92 Å². The van der Waals surface area contributed by atoms with Gasteiger partial charge in [0, 0.05) is 17.6 Å². The summed E-state index contributed by atoms with van der Waals surface area (Å²) in [7, 11) is 0. The van der Waals surface area contributed by atoms with Crippen molar-refractivity contribution in [3.05, 3.63) is 28.2 Å². The van der Waals surface area contributed by atoms with E-state index in [2.05, 4.69) is 27.8 Å². The Morgan fingerprint density at radius 1 is 1.53 bits per heavy atom. The van der Waals surface area contributed by atoms with Crippen molar-refractivity contribution in [3.8, 4) is 0 Å². The van der Waals surface area contributed by atoms with Gasteiger partial charge in [-0.3, -0.25) is 0 Å². The molecule has 1 aliphatic carbocycles. The van der Waals surface area contributed by atoms with E-state index in [1.54, 1.807) is 12.1 Å². The number of rotatable bonds is 5. The minimum Gasteiger partial charge on any atom is -0.478 e. The number of nitrogens with zero attached hydrogens (tertiary/aromatic N) is 1. The Bertz CT molecular complexity index is 429. The van der Waals surface area contributed by atoms with Crippen molar-refractivity contribution in [2.75, 3.05) is 18.0 Å². The Kier molecular flexibility index (Phi) is 3.72. The maximum atomic E-state index is 11.2. The molecule has 1 fully saturated rings. The average molecular weight is 298 g/mol. The van der Waals surface area contributed by atoms with Crippen molar-refractivity contribution in [2.24, 2.45) is 5.92 Å². The van der Waals surface area contributed by atoms with Crippen LogP contribution in [0.2, 0.25) is 0 Å². The van der Waals surface area contributed by atoms with Crippen LogP contribution in [-0.4, -0.2) is 24.2 Å². The van der Waals surface area contributed by atoms with Crippen LogP contribution in [0.3, 0.4) is 0 Å². The fourth-order valence-electron chi connectivity index (χ4n) is 1.96. The number of halogens is 1. The molecule has 0 aromatic heterocycles. The SMILES string of the molecule is CCN(CC1CC1)c1cc(Br)ccc1C(=O)O. The number of carbonyl (C=O) groups is 1. The highest BCUT2D eigenvalue weighted by molar-refractivity contribution is 9.10. The first-order valence-corrected chi connectivity index (χ1v) is 6.69. The standard InChI is InChI=1S/C13H16BrNO2/c1-2-15(8-9-3-4-9)12-7-10(14)5-6-11(12)13(16)17/h5-7,9H,2-4,8H2,1H3,(H,16,17). The van der Waals surface area contributed by atoms with Gasteiger partial charge in [0.25, 0.3) is 0 Å². The Labute approximate surface area is 110 Å². The third-order valence-electron chi connectivity index (χ3n) is 3.09. The molecule has 0 unspecified atom stereocenters. The van der Waals surface area contributed by atoms with Crippen molar-refractivity contribution in [1.82, 2.24) is 0 Å². The topological polar surface area (TPSA) is 40.5 Å². The molecule has 0 amide bonds. The highest BCUT2D eigenvalue weighted by Crippen LogP contribution is 2.33. The first-order valence-electron chi connectivity index (χ1n) is 5.89. The fraction of sp³-hybridized carbons (Fsp3) is 0.462. The van der Waals surface area contributed by atoms with Gasteiger partial charge in [-0.15, -0.1) is 0 Å². The largest absolute Gasteiger partial charge is 0.478 e. The lowest BCUT2D eigenvalue weighted by molar-refractivity contribution is 0.0697. The summed E-state index contributed by atoms with van der Waals surface area (Å²) in [5.41, 5.74) is 1.21. The summed E-state index contributed by atoms with van der Waals surface area (Å²) >= 11 is 3.41. The molecule has 1 aromatic rings. The molecule has 92 valence electrons. The molecule has 1 aromatic carbocycles. The number of hydrogen-bond donors (Lipinski definition) is 1. The second-order valence-electron chi connectivity index (χ2n) is 4.45. The Morgan fingerprint density at radius 3 is 2.76 bits per heavy atom. The lowest BCUT2D eigenvalue weighted by Crippen LogP contribution is -2.27. The predicted octanol–water partition coefficient (Wildman–Crippen LogP) is 3.38. The molecule has 1 saturated carbocycles. The quantitative estimate of drug-likeness (QED) is 0.906. The minimum atomic E-state index is -0.859. The Morgan fingerprint density at radius 2 is 2.24 bits per heavy atom. The van der Waals surface area contributed by atoms with Gasteiger partial charge in [0.2, 0.25) is 0 Å². The second kappa shape index (κ2) is 5.08. The summed E-state index contributed by atoms with van der Waals surface area (Å²) in [5.74, 6) is -0.114. The fourth-order valence-corrected chi connectivity index (χ4v) is 2.31. The van der Waals surface area contributed by atoms with E-state index in [-0.39, 0.29) is 0 Å². The number of hydrogen-bond acceptors (Lipinski definition) is 2. The van der Waals surface area contributed by atoms with Crippen LogP contribution in [0.5, 0.6) is 0 Å². The van der Waals surface area contributed by atoms with Crippen LogP contribution in [0.25, 0.3) is 0 Å². The van der Waals surface area contributed by atoms with Gasteiger partial charge in [0.05, 0.1) is 11.3 Å². The Hall–Kier alpha value is -1.03. The molecule has 3 nitrogen and oxygen atoms in total. The third kappa shape index (κ3) is 3.00. The summed E-state index contributed by atoms with van der Waals surface area (Å²) in [6.07, 6.45) is 2.54. The van der Waals surface area contributed by atoms with E-state index in [1.807, 2.05) is 6.07 Å². The highest BCUT2D eigenvalue weighted by atomic mass is 79.9. The van der Waals surface area contributed by atoms with E-state index in [4.69, 9.17) is 0 Å². The summed E-state index contributed by atoms with van der Waals surface area (Å²) in [6.45, 7) is 3.87. The summed E-state index contributed by atoms with van der Waals surface area (Å²) in [4.78, 5) is 13.4. The van der Waals surface area contributed by atoms with Crippen LogP contribution in [0.1, 0.15) is 30.1 Å². The molecule has 0 aliphatic heterocycles. The zero-order valence-corrected chi connectivity index (χ0v) is 11.4. The predicted molar refractivity (Wildman–Crippen MR) is 71.7 cm³/mol. The van der Waals surface area contributed by atoms with Crippen LogP contribution in [-0.2, 0) is 0 Å². The summed E-state index contributed by atoms with van der Waals surface area (Å²) < 4.78 is 0.923. The van der Waals surface area contributed by atoms with Crippen LogP contribution in [0.15, 0.2) is 22.7 Å². The lowest BCUT2D eigenvalue weighted by atomic mass is 10.1. The van der Waals surface area contributed by atoms with Gasteiger partial charge >= 0.3 is 5.97 Å². The molecule has 1 aliphatic rings. The zero-order chi connectivity index (χ0) is 12.4. The summed E-state index contributed by atoms with van der Waals surface area (Å²) in [6, 6.07) is 5.34. The van der Waals surface area contributed by atoms with Gasteiger partial charge in [-0.05, 0) is 43.9 Å². The Balaban J connectivity index is 2.31. The van der Waals surface area contributed by atoms with E-state index in [0.29, 0.717) is 5.56 Å². The minimum absolute atomic E-state index is 0.385. The van der Waals surface area contributed by atoms with Gasteiger partial charge < -0.3 is 10.0 Å². The molecule has 0 spiro atoms. The van der Waals surface area contributed by atoms with Crippen molar-refractivity contribution in [2.45, 2.75) is 19.8 Å². The van der Waals surface area contributed by atoms with Gasteiger partial charge in [-0.1, -0.05) is 15.9 Å². The molecule has 1 N–H and O–H groups in total. The molecule has 2 rings (SSSR count). The van der Waals surface area contributed by atoms with Crippen molar-refractivity contribution >= 4 is 27.6 Å². The molecule has 17 heavy (non-hydrogen) atoms. The highest BCUT2D eigenvalue weighted by Gasteiger charge is 2.25. The van der Waals surface area contributed by atoms with E-state index >= 15 is 0 Å². The van der Waals surface area contributed by atoms with Gasteiger partial charge in [0.15, 0.2) is 0 Å². The van der Waals surface area contributed by atoms with Crippen molar-refractivity contribution in [3.63, 3.8) is 0 Å². The second-order valence-corrected chi connectivity index (χ2v) is 5.36. The molecule has 4 heteroatoms. The van der Waals surface area contributed by atoms with Gasteiger partial charge in [-0.2, -0.15) is 0 Å². The van der Waals surface area contributed by atoms with Gasteiger partial charge in [0.1, 0.15) is 0 Å². The van der Waals surface area contributed by atoms with E-state index in [0.717, 1.165) is 29.2 Å². The maximum Gasteiger partial charge on any atom is 0.337 e. The first kappa shape index (κ1) is 12.4. The molecular weight excluding hydrogens is 282 g/mol. The lowest BCUT2D eigenvalue weighted by Gasteiger charge is -2.24. The normalized spacial score (nSPS) is 14.7. The molecular formula is C13H16BrNO2. The monoisotopic (exact) mass is 297 g/mol. The molecule has 0 saturated heterocycles. The van der Waals surface area contributed by atoms with E-state index in [9.17, 15) is 9.90 Å². The van der Waals surface area contributed by atoms with E-state index in [1.165, 1.54) is 12.8 Å². The third-order valence-corrected chi connectivity index (χ3v) is 3.58. The van der Waals surface area contributed by atoms with Gasteiger partial charge in [-0.25, -0.2) is 4.79 Å². The number of benzene rings is 1. The summed E-state index contributed by atoms with van der Waals surface area (Å²) in [5, 5.41) is 9.21. The van der Waals surface area contributed by atoms with Crippen LogP contribution >= 0.6 is 15.9 Å².